The fourth-order valence-electron chi connectivity index (χ4n) is 9.31. The molecule has 3 amide bonds. The van der Waals surface area contributed by atoms with Crippen LogP contribution >= 0.6 is 0 Å². The van der Waals surface area contributed by atoms with E-state index in [2.05, 4.69) is 54.3 Å². The number of nitrogens with one attached hydrogen (secondary N) is 2. The summed E-state index contributed by atoms with van der Waals surface area (Å²) >= 11 is 0. The molecule has 3 aliphatic rings. The maximum Gasteiger partial charge on any atom is 0.410 e. The first-order chi connectivity index (χ1) is 30.0. The van der Waals surface area contributed by atoms with Crippen molar-refractivity contribution in [1.29, 1.82) is 0 Å². The van der Waals surface area contributed by atoms with Crippen LogP contribution in [0.1, 0.15) is 77.3 Å². The molecule has 1 unspecified atom stereocenters. The Kier molecular flexibility index (Phi) is 13.5. The van der Waals surface area contributed by atoms with Crippen LogP contribution in [0.25, 0.3) is 33.3 Å². The molecule has 15 heteroatoms. The Bertz CT molecular complexity index is 2350. The van der Waals surface area contributed by atoms with E-state index in [-0.39, 0.29) is 36.9 Å². The number of fused-ring (bicyclic) bond motifs is 6. The summed E-state index contributed by atoms with van der Waals surface area (Å²) in [5.74, 6) is -1.80. The topological polar surface area (TPSA) is 168 Å². The number of nitrogens with zero attached hydrogens (tertiary/aromatic N) is 5. The molecule has 0 saturated carbocycles. The number of cyclic esters (lactones) is 1. The van der Waals surface area contributed by atoms with E-state index >= 15 is 0 Å². The maximum absolute atomic E-state index is 14.6. The molecule has 0 radical (unpaired) electrons. The van der Waals surface area contributed by atoms with Crippen LogP contribution in [0.4, 0.5) is 4.79 Å². The van der Waals surface area contributed by atoms with Crippen molar-refractivity contribution in [2.45, 2.75) is 104 Å². The number of esters is 1. The van der Waals surface area contributed by atoms with Crippen molar-refractivity contribution in [3.05, 3.63) is 71.5 Å². The summed E-state index contributed by atoms with van der Waals surface area (Å²) in [6.07, 6.45) is 2.15. The van der Waals surface area contributed by atoms with Crippen molar-refractivity contribution in [3.63, 3.8) is 0 Å². The summed E-state index contributed by atoms with van der Waals surface area (Å²) in [6.45, 7) is 14.2. The molecule has 2 aromatic carbocycles. The van der Waals surface area contributed by atoms with Gasteiger partial charge in [-0.2, -0.15) is 0 Å². The molecular weight excluding hydrogens is 803 g/mol. The lowest BCUT2D eigenvalue weighted by Gasteiger charge is -2.38. The number of hydrazine groups is 1. The lowest BCUT2D eigenvalue weighted by Crippen LogP contribution is -2.62. The molecule has 2 saturated heterocycles. The minimum atomic E-state index is -1.14. The summed E-state index contributed by atoms with van der Waals surface area (Å²) in [4.78, 5) is 64.2. The molecule has 15 nitrogen and oxygen atoms in total. The van der Waals surface area contributed by atoms with Crippen LogP contribution in [0, 0.1) is 11.3 Å². The third kappa shape index (κ3) is 9.70. The zero-order valence-electron chi connectivity index (χ0n) is 38.1. The summed E-state index contributed by atoms with van der Waals surface area (Å²) in [5, 5.41) is 16.6. The number of ether oxygens (including phenoxy) is 3. The maximum atomic E-state index is 14.6. The fourth-order valence-corrected chi connectivity index (χ4v) is 9.31. The normalized spacial score (nSPS) is 20.7. The van der Waals surface area contributed by atoms with Crippen molar-refractivity contribution in [3.8, 4) is 28.1 Å². The van der Waals surface area contributed by atoms with Crippen molar-refractivity contribution in [2.24, 2.45) is 11.3 Å². The monoisotopic (exact) mass is 865 g/mol. The quantitative estimate of drug-likeness (QED) is 0.173. The highest BCUT2D eigenvalue weighted by molar-refractivity contribution is 5.96. The summed E-state index contributed by atoms with van der Waals surface area (Å²) < 4.78 is 19.9. The molecule has 3 aliphatic heterocycles. The lowest BCUT2D eigenvalue weighted by atomic mass is 9.84. The number of carbonyl (C=O) groups is 4. The number of hydrogen-bond acceptors (Lipinski definition) is 11. The van der Waals surface area contributed by atoms with E-state index in [1.54, 1.807) is 25.4 Å². The molecule has 3 N–H and O–H groups in total. The van der Waals surface area contributed by atoms with Crippen LogP contribution in [-0.2, 0) is 48.0 Å². The SMILES string of the molecule is CCn1c(-c2cccnc2[C@H](C)OC)c2c3cc(ccc31)-c1cc(O)cc(c1)C[C@H](NC(=O)C(C(C)C)N(C)C(=O)OC1CN(C)C1)C(=O)N1CCC[C@H](N1)C(=O)OCC(C)(C)C2. The summed E-state index contributed by atoms with van der Waals surface area (Å²) in [6, 6.07) is 12.6. The standard InChI is InChI=1S/C48H63N7O8/c1-10-54-40-16-15-31-23-36(40)37(43(54)35-13-11-17-49-41(35)29(4)61-9)24-48(5,6)27-62-46(59)38-14-12-18-55(51-38)45(58)39(21-30-19-32(31)22-33(56)20-30)50-44(57)42(28(2)3)53(8)47(60)63-34-25-52(7)26-34/h11,13,15-17,19-20,22-23,28-29,34,38-39,42,51,56H,10,12,14,18,21,24-27H2,1-9H3,(H,50,57)/t29-,38-,39-,42?/m0/s1. The Morgan fingerprint density at radius 1 is 1.10 bits per heavy atom. The Labute approximate surface area is 370 Å². The number of methoxy groups -OCH3 is 1. The number of phenols is 1. The molecule has 2 fully saturated rings. The third-order valence-electron chi connectivity index (χ3n) is 12.6. The van der Waals surface area contributed by atoms with Gasteiger partial charge in [0.15, 0.2) is 0 Å². The van der Waals surface area contributed by atoms with Crippen molar-refractivity contribution in [2.75, 3.05) is 47.4 Å². The van der Waals surface area contributed by atoms with Gasteiger partial charge in [0, 0.05) is 74.8 Å². The van der Waals surface area contributed by atoms with Crippen LogP contribution in [-0.4, -0.2) is 125 Å². The van der Waals surface area contributed by atoms with Gasteiger partial charge in [0.25, 0.3) is 5.91 Å². The molecule has 63 heavy (non-hydrogen) atoms. The molecule has 2 aromatic heterocycles. The fraction of sp³-hybridized carbons (Fsp3) is 0.521. The van der Waals surface area contributed by atoms with Crippen LogP contribution in [0.2, 0.25) is 0 Å². The number of hydrogen-bond donors (Lipinski definition) is 3. The number of pyridine rings is 1. The number of likely N-dealkylation sites (N-methyl/N-ethyl adjacent to an activating group) is 2. The average molecular weight is 866 g/mol. The molecule has 4 atom stereocenters. The number of carbonyl (C=O) groups excluding carboxylic acids is 4. The Hall–Kier alpha value is -5.51. The second kappa shape index (κ2) is 18.7. The van der Waals surface area contributed by atoms with E-state index in [1.807, 2.05) is 50.9 Å². The van der Waals surface area contributed by atoms with Gasteiger partial charge in [-0.15, -0.1) is 0 Å². The first-order valence-corrected chi connectivity index (χ1v) is 22.1. The van der Waals surface area contributed by atoms with Crippen LogP contribution in [0.3, 0.4) is 0 Å². The van der Waals surface area contributed by atoms with Crippen LogP contribution in [0.15, 0.2) is 54.7 Å². The molecule has 7 rings (SSSR count). The third-order valence-corrected chi connectivity index (χ3v) is 12.6. The molecule has 5 heterocycles. The number of likely N-dealkylation sites (tertiary alicyclic amines) is 1. The summed E-state index contributed by atoms with van der Waals surface area (Å²) in [5.41, 5.74) is 9.61. The number of aromatic nitrogens is 2. The Balaban J connectivity index is 1.32. The summed E-state index contributed by atoms with van der Waals surface area (Å²) in [7, 11) is 5.14. The van der Waals surface area contributed by atoms with Crippen molar-refractivity contribution >= 4 is 34.8 Å². The van der Waals surface area contributed by atoms with Gasteiger partial charge in [0.1, 0.15) is 30.0 Å². The first kappa shape index (κ1) is 45.5. The van der Waals surface area contributed by atoms with Crippen LogP contribution < -0.4 is 10.7 Å². The van der Waals surface area contributed by atoms with Gasteiger partial charge in [0.2, 0.25) is 5.91 Å². The van der Waals surface area contributed by atoms with E-state index in [0.717, 1.165) is 44.5 Å². The van der Waals surface area contributed by atoms with E-state index in [1.165, 1.54) is 17.0 Å². The second-order valence-electron chi connectivity index (χ2n) is 18.6. The average Bonchev–Trinajstić information content (AvgIpc) is 3.54. The van der Waals surface area contributed by atoms with Gasteiger partial charge in [-0.25, -0.2) is 10.2 Å². The highest BCUT2D eigenvalue weighted by Crippen LogP contribution is 2.42. The zero-order chi connectivity index (χ0) is 45.3. The molecule has 6 bridgehead atoms. The first-order valence-electron chi connectivity index (χ1n) is 22.1. The highest BCUT2D eigenvalue weighted by atomic mass is 16.6. The van der Waals surface area contributed by atoms with E-state index in [4.69, 9.17) is 19.2 Å². The van der Waals surface area contributed by atoms with Gasteiger partial charge in [-0.1, -0.05) is 39.8 Å². The number of phenolic OH excluding ortho intramolecular Hbond substituents is 1. The molecule has 0 aliphatic carbocycles. The number of amides is 3. The largest absolute Gasteiger partial charge is 0.508 e. The Morgan fingerprint density at radius 3 is 2.56 bits per heavy atom. The van der Waals surface area contributed by atoms with E-state index in [0.29, 0.717) is 51.0 Å². The molecular formula is C48H63N7O8. The highest BCUT2D eigenvalue weighted by Gasteiger charge is 2.39. The Morgan fingerprint density at radius 2 is 1.86 bits per heavy atom. The zero-order valence-corrected chi connectivity index (χ0v) is 38.1. The van der Waals surface area contributed by atoms with Crippen LogP contribution in [0.5, 0.6) is 5.75 Å². The number of benzene rings is 2. The van der Waals surface area contributed by atoms with Gasteiger partial charge < -0.3 is 29.2 Å². The smallest absolute Gasteiger partial charge is 0.410 e. The molecule has 4 aromatic rings. The van der Waals surface area contributed by atoms with E-state index in [9.17, 15) is 24.3 Å². The molecule has 0 spiro atoms. The van der Waals surface area contributed by atoms with Crippen molar-refractivity contribution in [1.82, 2.24) is 35.1 Å². The lowest BCUT2D eigenvalue weighted by molar-refractivity contribution is -0.155. The van der Waals surface area contributed by atoms with E-state index < -0.39 is 47.4 Å². The minimum Gasteiger partial charge on any atom is -0.508 e. The number of aryl methyl sites for hydroxylation is 1. The van der Waals surface area contributed by atoms with Crippen molar-refractivity contribution < 1.29 is 38.5 Å². The minimum absolute atomic E-state index is 0.000613. The molecule has 338 valence electrons. The predicted molar refractivity (Wildman–Crippen MR) is 239 cm³/mol. The van der Waals surface area contributed by atoms with Gasteiger partial charge >= 0.3 is 12.1 Å². The number of rotatable bonds is 9. The predicted octanol–water partition coefficient (Wildman–Crippen LogP) is 5.86. The van der Waals surface area contributed by atoms with Gasteiger partial charge in [-0.05, 0) is 105 Å². The number of aromatic hydroxyl groups is 1. The second-order valence-corrected chi connectivity index (χ2v) is 18.6. The van der Waals surface area contributed by atoms with Gasteiger partial charge in [0.05, 0.1) is 24.1 Å². The van der Waals surface area contributed by atoms with Gasteiger partial charge in [-0.3, -0.25) is 34.2 Å².